The highest BCUT2D eigenvalue weighted by molar-refractivity contribution is 6.19. The Morgan fingerprint density at radius 3 is 2.41 bits per heavy atom. The van der Waals surface area contributed by atoms with Crippen LogP contribution in [0.2, 0.25) is 0 Å². The van der Waals surface area contributed by atoms with Crippen molar-refractivity contribution in [2.24, 2.45) is 7.05 Å². The Morgan fingerprint density at radius 1 is 0.815 bits per heavy atom. The largest absolute Gasteiger partial charge is 0.456 e. The Morgan fingerprint density at radius 2 is 1.56 bits per heavy atom. The summed E-state index contributed by atoms with van der Waals surface area (Å²) in [4.78, 5) is 0. The highest BCUT2D eigenvalue weighted by Crippen LogP contribution is 2.46. The molecule has 0 amide bonds. The topological polar surface area (TPSA) is 18.1 Å². The molecular formula is C25H23NO. The molecule has 1 saturated carbocycles. The minimum atomic E-state index is 0.594. The van der Waals surface area contributed by atoms with Crippen LogP contribution in [0.25, 0.3) is 43.7 Å². The van der Waals surface area contributed by atoms with Crippen molar-refractivity contribution in [2.75, 3.05) is 0 Å². The third-order valence-corrected chi connectivity index (χ3v) is 6.59. The van der Waals surface area contributed by atoms with E-state index in [-0.39, 0.29) is 0 Å². The van der Waals surface area contributed by atoms with Crippen LogP contribution in [0.5, 0.6) is 0 Å². The van der Waals surface area contributed by atoms with Crippen LogP contribution >= 0.6 is 0 Å². The summed E-state index contributed by atoms with van der Waals surface area (Å²) in [5, 5.41) is 5.27. The number of rotatable bonds is 1. The van der Waals surface area contributed by atoms with Gasteiger partial charge >= 0.3 is 0 Å². The van der Waals surface area contributed by atoms with Crippen LogP contribution < -0.4 is 0 Å². The lowest BCUT2D eigenvalue weighted by molar-refractivity contribution is 0.444. The molecule has 1 fully saturated rings. The lowest BCUT2D eigenvalue weighted by atomic mass is 9.81. The standard InChI is InChI=1S/C25H23NO/c1-26-20-13-7-5-12-18(20)24-21(26)15-19-17-11-6-8-14-22(17)27-25(19)23(24)16-9-3-2-4-10-16/h5-8,11-16H,2-4,9-10H2,1H3. The van der Waals surface area contributed by atoms with E-state index >= 15 is 0 Å². The number of benzene rings is 3. The molecule has 2 nitrogen and oxygen atoms in total. The normalized spacial score (nSPS) is 16.2. The van der Waals surface area contributed by atoms with Crippen molar-refractivity contribution in [3.8, 4) is 0 Å². The Bertz CT molecular complexity index is 1310. The van der Waals surface area contributed by atoms with Gasteiger partial charge in [-0.05, 0) is 37.0 Å². The van der Waals surface area contributed by atoms with Crippen LogP contribution in [0.4, 0.5) is 0 Å². The molecule has 3 aromatic carbocycles. The molecule has 0 spiro atoms. The number of para-hydroxylation sites is 2. The summed E-state index contributed by atoms with van der Waals surface area (Å²) in [5.41, 5.74) is 6.21. The lowest BCUT2D eigenvalue weighted by Gasteiger charge is -2.23. The van der Waals surface area contributed by atoms with Crippen LogP contribution in [-0.2, 0) is 7.05 Å². The maximum atomic E-state index is 6.49. The van der Waals surface area contributed by atoms with E-state index in [1.54, 1.807) is 0 Å². The molecule has 5 aromatic rings. The zero-order chi connectivity index (χ0) is 18.0. The third kappa shape index (κ3) is 2.07. The minimum Gasteiger partial charge on any atom is -0.456 e. The number of hydrogen-bond acceptors (Lipinski definition) is 1. The van der Waals surface area contributed by atoms with Gasteiger partial charge in [-0.3, -0.25) is 0 Å². The number of nitrogens with zero attached hydrogens (tertiary/aromatic N) is 1. The molecule has 0 radical (unpaired) electrons. The van der Waals surface area contributed by atoms with Crippen LogP contribution in [0.15, 0.2) is 59.0 Å². The van der Waals surface area contributed by atoms with Gasteiger partial charge in [0.1, 0.15) is 11.2 Å². The summed E-state index contributed by atoms with van der Waals surface area (Å²) in [5.74, 6) is 0.594. The van der Waals surface area contributed by atoms with Crippen molar-refractivity contribution in [3.63, 3.8) is 0 Å². The van der Waals surface area contributed by atoms with Gasteiger partial charge in [-0.25, -0.2) is 0 Å². The molecule has 6 rings (SSSR count). The van der Waals surface area contributed by atoms with E-state index in [0.717, 1.165) is 11.2 Å². The van der Waals surface area contributed by atoms with E-state index < -0.39 is 0 Å². The fraction of sp³-hybridized carbons (Fsp3) is 0.280. The predicted molar refractivity (Wildman–Crippen MR) is 114 cm³/mol. The van der Waals surface area contributed by atoms with E-state index in [4.69, 9.17) is 4.42 Å². The van der Waals surface area contributed by atoms with Gasteiger partial charge in [0.25, 0.3) is 0 Å². The summed E-state index contributed by atoms with van der Waals surface area (Å²) in [7, 11) is 2.20. The van der Waals surface area contributed by atoms with Crippen LogP contribution in [0, 0.1) is 0 Å². The number of hydrogen-bond donors (Lipinski definition) is 0. The Labute approximate surface area is 158 Å². The van der Waals surface area contributed by atoms with Crippen molar-refractivity contribution in [2.45, 2.75) is 38.0 Å². The molecule has 0 atom stereocenters. The molecule has 2 aromatic heterocycles. The average molecular weight is 353 g/mol. The molecule has 0 bridgehead atoms. The highest BCUT2D eigenvalue weighted by Gasteiger charge is 2.26. The van der Waals surface area contributed by atoms with Gasteiger partial charge in [-0.1, -0.05) is 55.7 Å². The van der Waals surface area contributed by atoms with Gasteiger partial charge in [0.15, 0.2) is 0 Å². The van der Waals surface area contributed by atoms with Crippen molar-refractivity contribution < 1.29 is 4.42 Å². The summed E-state index contributed by atoms with van der Waals surface area (Å²) in [6, 6.07) is 19.6. The second-order valence-electron chi connectivity index (χ2n) is 8.07. The van der Waals surface area contributed by atoms with Crippen molar-refractivity contribution in [1.82, 2.24) is 4.57 Å². The van der Waals surface area contributed by atoms with Crippen LogP contribution in [0.1, 0.15) is 43.6 Å². The molecule has 1 aliphatic carbocycles. The molecule has 27 heavy (non-hydrogen) atoms. The highest BCUT2D eigenvalue weighted by atomic mass is 16.3. The molecule has 2 heterocycles. The Hall–Kier alpha value is -2.74. The van der Waals surface area contributed by atoms with Crippen molar-refractivity contribution >= 4 is 43.7 Å². The first-order valence-electron chi connectivity index (χ1n) is 10.1. The average Bonchev–Trinajstić information content (AvgIpc) is 3.23. The molecule has 0 saturated heterocycles. The molecule has 0 unspecified atom stereocenters. The van der Waals surface area contributed by atoms with Gasteiger partial charge in [-0.2, -0.15) is 0 Å². The maximum absolute atomic E-state index is 6.49. The SMILES string of the molecule is Cn1c2ccccc2c2c(C3CCCCC3)c3oc4ccccc4c3cc21. The molecule has 1 aliphatic rings. The number of aryl methyl sites for hydroxylation is 1. The van der Waals surface area contributed by atoms with Crippen molar-refractivity contribution in [3.05, 3.63) is 60.2 Å². The fourth-order valence-electron chi connectivity index (χ4n) is 5.30. The molecular weight excluding hydrogens is 330 g/mol. The first kappa shape index (κ1) is 15.3. The maximum Gasteiger partial charge on any atom is 0.139 e. The number of fused-ring (bicyclic) bond motifs is 6. The van der Waals surface area contributed by atoms with E-state index in [0.29, 0.717) is 5.92 Å². The van der Waals surface area contributed by atoms with Gasteiger partial charge in [0.05, 0.1) is 5.52 Å². The Kier molecular flexibility index (Phi) is 3.19. The van der Waals surface area contributed by atoms with Gasteiger partial charge in [0, 0.05) is 39.7 Å². The van der Waals surface area contributed by atoms with Crippen molar-refractivity contribution in [1.29, 1.82) is 0 Å². The summed E-state index contributed by atoms with van der Waals surface area (Å²) in [6.07, 6.45) is 6.56. The van der Waals surface area contributed by atoms with E-state index in [1.807, 2.05) is 0 Å². The molecule has 2 heteroatoms. The summed E-state index contributed by atoms with van der Waals surface area (Å²) in [6.45, 7) is 0. The second kappa shape index (κ2) is 5.63. The minimum absolute atomic E-state index is 0.594. The van der Waals surface area contributed by atoms with E-state index in [2.05, 4.69) is 66.2 Å². The number of aromatic nitrogens is 1. The third-order valence-electron chi connectivity index (χ3n) is 6.59. The van der Waals surface area contributed by atoms with E-state index in [9.17, 15) is 0 Å². The summed E-state index contributed by atoms with van der Waals surface area (Å²) < 4.78 is 8.85. The number of furan rings is 1. The zero-order valence-corrected chi connectivity index (χ0v) is 15.7. The van der Waals surface area contributed by atoms with Crippen LogP contribution in [0.3, 0.4) is 0 Å². The first-order valence-corrected chi connectivity index (χ1v) is 10.1. The van der Waals surface area contributed by atoms with Crippen LogP contribution in [-0.4, -0.2) is 4.57 Å². The molecule has 0 aliphatic heterocycles. The van der Waals surface area contributed by atoms with Gasteiger partial charge in [0.2, 0.25) is 0 Å². The quantitative estimate of drug-likeness (QED) is 0.310. The van der Waals surface area contributed by atoms with Gasteiger partial charge in [-0.15, -0.1) is 0 Å². The first-order chi connectivity index (χ1) is 13.3. The Balaban J connectivity index is 1.85. The fourth-order valence-corrected chi connectivity index (χ4v) is 5.30. The summed E-state index contributed by atoms with van der Waals surface area (Å²) >= 11 is 0. The smallest absolute Gasteiger partial charge is 0.139 e. The predicted octanol–water partition coefficient (Wildman–Crippen LogP) is 7.28. The van der Waals surface area contributed by atoms with Gasteiger partial charge < -0.3 is 8.98 Å². The lowest BCUT2D eigenvalue weighted by Crippen LogP contribution is -2.05. The van der Waals surface area contributed by atoms with E-state index in [1.165, 1.54) is 70.2 Å². The zero-order valence-electron chi connectivity index (χ0n) is 15.7. The molecule has 134 valence electrons. The monoisotopic (exact) mass is 353 g/mol. The second-order valence-corrected chi connectivity index (χ2v) is 8.07. The molecule has 0 N–H and O–H groups in total.